The van der Waals surface area contributed by atoms with Gasteiger partial charge < -0.3 is 24.8 Å². The molecule has 0 aliphatic rings. The van der Waals surface area contributed by atoms with E-state index in [1.165, 1.54) is 6.26 Å². The molecule has 0 amide bonds. The Morgan fingerprint density at radius 1 is 0.895 bits per heavy atom. The number of aliphatic hydroxyl groups is 3. The van der Waals surface area contributed by atoms with Crippen molar-refractivity contribution in [3.63, 3.8) is 0 Å². The van der Waals surface area contributed by atoms with E-state index in [1.807, 2.05) is 0 Å². The third-order valence-corrected chi connectivity index (χ3v) is 2.35. The van der Waals surface area contributed by atoms with Crippen LogP contribution < -0.4 is 0 Å². The molecule has 0 saturated carbocycles. The highest BCUT2D eigenvalue weighted by atomic mass is 16.5. The normalized spacial score (nSPS) is 10.1. The lowest BCUT2D eigenvalue weighted by Crippen LogP contribution is -2.35. The quantitative estimate of drug-likeness (QED) is 0.296. The van der Waals surface area contributed by atoms with E-state index in [-0.39, 0.29) is 19.8 Å². The summed E-state index contributed by atoms with van der Waals surface area (Å²) in [4.78, 5) is 0. The summed E-state index contributed by atoms with van der Waals surface area (Å²) in [6, 6.07) is 0. The Kier molecular flexibility index (Phi) is 15.8. The molecule has 0 rings (SSSR count). The molecular formula is C14H26O5. The second-order valence-electron chi connectivity index (χ2n) is 3.88. The van der Waals surface area contributed by atoms with Gasteiger partial charge in [-0.05, 0) is 6.42 Å². The average Bonchev–Trinajstić information content (AvgIpc) is 2.46. The summed E-state index contributed by atoms with van der Waals surface area (Å²) in [5.74, 6) is 0. The van der Waals surface area contributed by atoms with Gasteiger partial charge in [0.1, 0.15) is 0 Å². The number of rotatable bonds is 11. The molecule has 0 bridgehead atoms. The highest BCUT2D eigenvalue weighted by Crippen LogP contribution is 2.19. The van der Waals surface area contributed by atoms with Crippen molar-refractivity contribution >= 4 is 0 Å². The van der Waals surface area contributed by atoms with Crippen LogP contribution >= 0.6 is 0 Å². The van der Waals surface area contributed by atoms with Gasteiger partial charge in [0.25, 0.3) is 0 Å². The van der Waals surface area contributed by atoms with E-state index in [4.69, 9.17) is 24.8 Å². The Balaban J connectivity index is 0. The van der Waals surface area contributed by atoms with E-state index in [0.29, 0.717) is 26.2 Å². The second-order valence-corrected chi connectivity index (χ2v) is 3.88. The molecule has 3 N–H and O–H groups in total. The summed E-state index contributed by atoms with van der Waals surface area (Å²) < 4.78 is 9.72. The second kappa shape index (κ2) is 14.9. The molecule has 0 spiro atoms. The lowest BCUT2D eigenvalue weighted by atomic mass is 9.88. The lowest BCUT2D eigenvalue weighted by Gasteiger charge is -2.26. The maximum atomic E-state index is 8.87. The monoisotopic (exact) mass is 274 g/mol. The molecule has 5 nitrogen and oxygen atoms in total. The third-order valence-electron chi connectivity index (χ3n) is 2.35. The van der Waals surface area contributed by atoms with Crippen LogP contribution in [-0.4, -0.2) is 55.0 Å². The minimum Gasteiger partial charge on any atom is -0.502 e. The summed E-state index contributed by atoms with van der Waals surface area (Å²) in [5.41, 5.74) is -0.830. The molecule has 0 fully saturated rings. The van der Waals surface area contributed by atoms with Crippen molar-refractivity contribution < 1.29 is 24.8 Å². The van der Waals surface area contributed by atoms with Crippen LogP contribution in [0.1, 0.15) is 6.42 Å². The van der Waals surface area contributed by atoms with Crippen LogP contribution in [-0.2, 0) is 9.47 Å². The zero-order chi connectivity index (χ0) is 15.0. The van der Waals surface area contributed by atoms with Gasteiger partial charge in [-0.25, -0.2) is 0 Å². The molecule has 19 heavy (non-hydrogen) atoms. The van der Waals surface area contributed by atoms with Crippen LogP contribution in [0, 0.1) is 5.41 Å². The Hall–Kier alpha value is -1.14. The highest BCUT2D eigenvalue weighted by Gasteiger charge is 2.27. The van der Waals surface area contributed by atoms with E-state index in [2.05, 4.69) is 19.7 Å². The lowest BCUT2D eigenvalue weighted by molar-refractivity contribution is -0.0124. The predicted molar refractivity (Wildman–Crippen MR) is 75.7 cm³/mol. The molecule has 0 aliphatic heterocycles. The first-order valence-corrected chi connectivity index (χ1v) is 6.01. The zero-order valence-corrected chi connectivity index (χ0v) is 11.5. The van der Waals surface area contributed by atoms with Gasteiger partial charge in [0.05, 0.1) is 45.9 Å². The molecule has 112 valence electrons. The fourth-order valence-corrected chi connectivity index (χ4v) is 0.981. The van der Waals surface area contributed by atoms with Gasteiger partial charge in [-0.3, -0.25) is 0 Å². The smallest absolute Gasteiger partial charge is 0.0880 e. The van der Waals surface area contributed by atoms with Crippen molar-refractivity contribution in [2.24, 2.45) is 5.41 Å². The fraction of sp³-hybridized carbons (Fsp3) is 0.571. The van der Waals surface area contributed by atoms with Gasteiger partial charge in [0.15, 0.2) is 0 Å². The Bertz CT molecular complexity index is 208. The maximum absolute atomic E-state index is 8.87. The van der Waals surface area contributed by atoms with Crippen molar-refractivity contribution in [3.05, 3.63) is 38.2 Å². The molecule has 5 heteroatoms. The average molecular weight is 274 g/mol. The number of ether oxygens (including phenoxy) is 2. The Labute approximate surface area is 115 Å². The SMILES string of the molecule is C=CCOCC=C.C=COCCC(CO)(CO)CO. The summed E-state index contributed by atoms with van der Waals surface area (Å²) in [5, 5.41) is 26.6. The summed E-state index contributed by atoms with van der Waals surface area (Å²) in [6.45, 7) is 11.1. The molecule has 0 aromatic carbocycles. The first-order valence-electron chi connectivity index (χ1n) is 6.01. The summed E-state index contributed by atoms with van der Waals surface area (Å²) in [6.07, 6.45) is 5.12. The first kappa shape index (κ1) is 20.2. The molecule has 0 saturated heterocycles. The molecule has 0 radical (unpaired) electrons. The van der Waals surface area contributed by atoms with Crippen molar-refractivity contribution in [2.45, 2.75) is 6.42 Å². The molecule has 0 aromatic rings. The Morgan fingerprint density at radius 2 is 1.37 bits per heavy atom. The number of hydrogen-bond acceptors (Lipinski definition) is 5. The minimum atomic E-state index is -0.830. The fourth-order valence-electron chi connectivity index (χ4n) is 0.981. The number of hydrogen-bond donors (Lipinski definition) is 3. The van der Waals surface area contributed by atoms with Crippen molar-refractivity contribution in [3.8, 4) is 0 Å². The van der Waals surface area contributed by atoms with Crippen LogP contribution in [0.4, 0.5) is 0 Å². The molecule has 0 unspecified atom stereocenters. The van der Waals surface area contributed by atoms with Crippen molar-refractivity contribution in [1.29, 1.82) is 0 Å². The first-order chi connectivity index (χ1) is 9.16. The molecule has 0 atom stereocenters. The molecule has 0 aliphatic carbocycles. The highest BCUT2D eigenvalue weighted by molar-refractivity contribution is 4.76. The molecule has 0 aromatic heterocycles. The van der Waals surface area contributed by atoms with Gasteiger partial charge in [0.2, 0.25) is 0 Å². The van der Waals surface area contributed by atoms with Gasteiger partial charge in [-0.1, -0.05) is 18.7 Å². The van der Waals surface area contributed by atoms with Crippen LogP contribution in [0.25, 0.3) is 0 Å². The third kappa shape index (κ3) is 11.7. The number of aliphatic hydroxyl groups excluding tert-OH is 3. The maximum Gasteiger partial charge on any atom is 0.0880 e. The van der Waals surface area contributed by atoms with Gasteiger partial charge in [0, 0.05) is 5.41 Å². The van der Waals surface area contributed by atoms with E-state index in [1.54, 1.807) is 12.2 Å². The summed E-state index contributed by atoms with van der Waals surface area (Å²) in [7, 11) is 0. The molecular weight excluding hydrogens is 248 g/mol. The Morgan fingerprint density at radius 3 is 1.68 bits per heavy atom. The van der Waals surface area contributed by atoms with Gasteiger partial charge >= 0.3 is 0 Å². The van der Waals surface area contributed by atoms with E-state index in [0.717, 1.165) is 0 Å². The molecule has 0 heterocycles. The largest absolute Gasteiger partial charge is 0.502 e. The standard InChI is InChI=1S/C8H16O4.C6H10O/c1-2-12-4-3-8(5-9,6-10)7-11;1-3-5-7-6-4-2/h2,9-11H,1,3-7H2;3-4H,1-2,5-6H2. The van der Waals surface area contributed by atoms with Crippen LogP contribution in [0.2, 0.25) is 0 Å². The van der Waals surface area contributed by atoms with Gasteiger partial charge in [-0.2, -0.15) is 0 Å². The van der Waals surface area contributed by atoms with Crippen molar-refractivity contribution in [1.82, 2.24) is 0 Å². The van der Waals surface area contributed by atoms with E-state index < -0.39 is 5.41 Å². The minimum absolute atomic E-state index is 0.250. The van der Waals surface area contributed by atoms with Crippen molar-refractivity contribution in [2.75, 3.05) is 39.6 Å². The predicted octanol–water partition coefficient (Wildman–Crippen LogP) is 0.875. The van der Waals surface area contributed by atoms with E-state index >= 15 is 0 Å². The van der Waals surface area contributed by atoms with E-state index in [9.17, 15) is 0 Å². The topological polar surface area (TPSA) is 79.2 Å². The van der Waals surface area contributed by atoms with Gasteiger partial charge in [-0.15, -0.1) is 13.2 Å². The van der Waals surface area contributed by atoms with Crippen LogP contribution in [0.3, 0.4) is 0 Å². The zero-order valence-electron chi connectivity index (χ0n) is 11.5. The van der Waals surface area contributed by atoms with Crippen LogP contribution in [0.5, 0.6) is 0 Å². The van der Waals surface area contributed by atoms with Crippen LogP contribution in [0.15, 0.2) is 38.2 Å². The summed E-state index contributed by atoms with van der Waals surface area (Å²) >= 11 is 0.